The van der Waals surface area contributed by atoms with E-state index in [1.807, 2.05) is 11.7 Å². The van der Waals surface area contributed by atoms with Gasteiger partial charge >= 0.3 is 0 Å². The van der Waals surface area contributed by atoms with Crippen molar-refractivity contribution in [1.29, 1.82) is 0 Å². The molecule has 0 aliphatic heterocycles. The van der Waals surface area contributed by atoms with E-state index >= 15 is 0 Å². The van der Waals surface area contributed by atoms with E-state index in [0.717, 1.165) is 30.2 Å². The second-order valence-electron chi connectivity index (χ2n) is 4.67. The Balaban J connectivity index is 2.43. The Hall–Kier alpha value is -1.68. The molecule has 4 heteroatoms. The summed E-state index contributed by atoms with van der Waals surface area (Å²) in [5.41, 5.74) is 2.35. The second-order valence-corrected chi connectivity index (χ2v) is 4.67. The number of hydrogen-bond acceptors (Lipinski definition) is 3. The molecular formula is C15H22N4. The van der Waals surface area contributed by atoms with Gasteiger partial charge in [-0.3, -0.25) is 0 Å². The summed E-state index contributed by atoms with van der Waals surface area (Å²) in [6, 6.07) is 8.80. The molecule has 0 radical (unpaired) electrons. The van der Waals surface area contributed by atoms with Crippen LogP contribution in [0.3, 0.4) is 0 Å². The molecule has 19 heavy (non-hydrogen) atoms. The van der Waals surface area contributed by atoms with Gasteiger partial charge in [0, 0.05) is 18.9 Å². The second kappa shape index (κ2) is 5.97. The summed E-state index contributed by atoms with van der Waals surface area (Å²) < 4.78 is 1.96. The Labute approximate surface area is 114 Å². The van der Waals surface area contributed by atoms with Gasteiger partial charge < -0.3 is 5.32 Å². The third-order valence-electron chi connectivity index (χ3n) is 3.40. The van der Waals surface area contributed by atoms with Gasteiger partial charge in [0.25, 0.3) is 0 Å². The number of rotatable bonds is 5. The molecule has 1 heterocycles. The van der Waals surface area contributed by atoms with Gasteiger partial charge in [-0.25, -0.2) is 9.67 Å². The van der Waals surface area contributed by atoms with E-state index in [2.05, 4.69) is 60.4 Å². The van der Waals surface area contributed by atoms with Crippen molar-refractivity contribution in [3.05, 3.63) is 41.5 Å². The Kier molecular flexibility index (Phi) is 4.32. The molecule has 0 saturated heterocycles. The fourth-order valence-corrected chi connectivity index (χ4v) is 2.07. The summed E-state index contributed by atoms with van der Waals surface area (Å²) in [4.78, 5) is 4.55. The zero-order chi connectivity index (χ0) is 13.8. The minimum absolute atomic E-state index is 0.333. The Morgan fingerprint density at radius 3 is 2.68 bits per heavy atom. The third kappa shape index (κ3) is 2.84. The fraction of sp³-hybridized carbons (Fsp3) is 0.467. The minimum Gasteiger partial charge on any atom is -0.313 e. The lowest BCUT2D eigenvalue weighted by atomic mass is 10.1. The monoisotopic (exact) mass is 258 g/mol. The molecule has 0 bridgehead atoms. The number of nitrogens with one attached hydrogen (secondary N) is 1. The third-order valence-corrected chi connectivity index (χ3v) is 3.40. The van der Waals surface area contributed by atoms with E-state index in [0.29, 0.717) is 6.04 Å². The van der Waals surface area contributed by atoms with Crippen LogP contribution >= 0.6 is 0 Å². The highest BCUT2D eigenvalue weighted by Gasteiger charge is 2.10. The molecule has 1 aromatic carbocycles. The van der Waals surface area contributed by atoms with Gasteiger partial charge in [0.2, 0.25) is 0 Å². The number of hydrogen-bond donors (Lipinski definition) is 1. The van der Waals surface area contributed by atoms with Crippen LogP contribution < -0.4 is 5.32 Å². The molecule has 2 rings (SSSR count). The first kappa shape index (κ1) is 13.7. The SMILES string of the molecule is CCc1nc(CC)n(-c2cccc(C(C)NC)c2)n1. The lowest BCUT2D eigenvalue weighted by Gasteiger charge is -2.12. The van der Waals surface area contributed by atoms with E-state index in [-0.39, 0.29) is 0 Å². The first-order chi connectivity index (χ1) is 9.19. The predicted octanol–water partition coefficient (Wildman–Crippen LogP) is 2.67. The summed E-state index contributed by atoms with van der Waals surface area (Å²) in [5.74, 6) is 1.93. The van der Waals surface area contributed by atoms with Crippen molar-refractivity contribution in [2.75, 3.05) is 7.05 Å². The van der Waals surface area contributed by atoms with Crippen LogP contribution in [0.5, 0.6) is 0 Å². The molecule has 1 unspecified atom stereocenters. The van der Waals surface area contributed by atoms with Crippen molar-refractivity contribution >= 4 is 0 Å². The maximum atomic E-state index is 4.58. The van der Waals surface area contributed by atoms with Crippen LogP contribution in [-0.4, -0.2) is 21.8 Å². The van der Waals surface area contributed by atoms with E-state index in [4.69, 9.17) is 0 Å². The molecule has 2 aromatic rings. The molecular weight excluding hydrogens is 236 g/mol. The van der Waals surface area contributed by atoms with Crippen LogP contribution in [0.15, 0.2) is 24.3 Å². The molecule has 4 nitrogen and oxygen atoms in total. The largest absolute Gasteiger partial charge is 0.313 e. The summed E-state index contributed by atoms with van der Waals surface area (Å²) in [7, 11) is 1.97. The highest BCUT2D eigenvalue weighted by molar-refractivity contribution is 5.37. The van der Waals surface area contributed by atoms with Crippen LogP contribution in [0.2, 0.25) is 0 Å². The summed E-state index contributed by atoms with van der Waals surface area (Å²) >= 11 is 0. The van der Waals surface area contributed by atoms with E-state index < -0.39 is 0 Å². The first-order valence-electron chi connectivity index (χ1n) is 6.92. The zero-order valence-corrected chi connectivity index (χ0v) is 12.1. The van der Waals surface area contributed by atoms with Crippen LogP contribution in [-0.2, 0) is 12.8 Å². The standard InChI is InChI=1S/C15H22N4/c1-5-14-17-15(6-2)19(18-14)13-9-7-8-12(10-13)11(3)16-4/h7-11,16H,5-6H2,1-4H3. The maximum absolute atomic E-state index is 4.58. The highest BCUT2D eigenvalue weighted by Crippen LogP contribution is 2.17. The average molecular weight is 258 g/mol. The lowest BCUT2D eigenvalue weighted by molar-refractivity contribution is 0.650. The predicted molar refractivity (Wildman–Crippen MR) is 77.6 cm³/mol. The summed E-state index contributed by atoms with van der Waals surface area (Å²) in [6.45, 7) is 6.34. The average Bonchev–Trinajstić information content (AvgIpc) is 2.90. The van der Waals surface area contributed by atoms with Crippen LogP contribution in [0.1, 0.15) is 44.0 Å². The van der Waals surface area contributed by atoms with Gasteiger partial charge in [0.15, 0.2) is 5.82 Å². The molecule has 0 amide bonds. The van der Waals surface area contributed by atoms with Gasteiger partial charge in [-0.05, 0) is 31.7 Å². The van der Waals surface area contributed by atoms with Gasteiger partial charge in [-0.2, -0.15) is 5.10 Å². The number of aromatic nitrogens is 3. The van der Waals surface area contributed by atoms with Crippen molar-refractivity contribution in [3.8, 4) is 5.69 Å². The molecule has 1 N–H and O–H groups in total. The number of nitrogens with zero attached hydrogens (tertiary/aromatic N) is 3. The van der Waals surface area contributed by atoms with Crippen molar-refractivity contribution in [2.24, 2.45) is 0 Å². The van der Waals surface area contributed by atoms with Crippen molar-refractivity contribution in [3.63, 3.8) is 0 Å². The lowest BCUT2D eigenvalue weighted by Crippen LogP contribution is -2.13. The zero-order valence-electron chi connectivity index (χ0n) is 12.1. The van der Waals surface area contributed by atoms with Crippen molar-refractivity contribution in [1.82, 2.24) is 20.1 Å². The van der Waals surface area contributed by atoms with E-state index in [1.165, 1.54) is 5.56 Å². The van der Waals surface area contributed by atoms with Crippen molar-refractivity contribution in [2.45, 2.75) is 39.7 Å². The van der Waals surface area contributed by atoms with Crippen LogP contribution in [0.25, 0.3) is 5.69 Å². The molecule has 1 atom stereocenters. The Bertz CT molecular complexity index is 545. The summed E-state index contributed by atoms with van der Waals surface area (Å²) in [6.07, 6.45) is 1.76. The van der Waals surface area contributed by atoms with E-state index in [1.54, 1.807) is 0 Å². The Morgan fingerprint density at radius 1 is 1.26 bits per heavy atom. The molecule has 0 saturated carbocycles. The molecule has 102 valence electrons. The molecule has 0 aliphatic rings. The number of benzene rings is 1. The van der Waals surface area contributed by atoms with Crippen LogP contribution in [0, 0.1) is 0 Å². The molecule has 1 aromatic heterocycles. The highest BCUT2D eigenvalue weighted by atomic mass is 15.3. The van der Waals surface area contributed by atoms with E-state index in [9.17, 15) is 0 Å². The quantitative estimate of drug-likeness (QED) is 0.896. The number of aryl methyl sites for hydroxylation is 2. The summed E-state index contributed by atoms with van der Waals surface area (Å²) in [5, 5.41) is 7.84. The maximum Gasteiger partial charge on any atom is 0.151 e. The first-order valence-corrected chi connectivity index (χ1v) is 6.92. The van der Waals surface area contributed by atoms with Gasteiger partial charge in [0.05, 0.1) is 5.69 Å². The smallest absolute Gasteiger partial charge is 0.151 e. The molecule has 0 fully saturated rings. The minimum atomic E-state index is 0.333. The Morgan fingerprint density at radius 2 is 2.05 bits per heavy atom. The van der Waals surface area contributed by atoms with Gasteiger partial charge in [-0.1, -0.05) is 26.0 Å². The molecule has 0 aliphatic carbocycles. The molecule has 0 spiro atoms. The normalized spacial score (nSPS) is 12.6. The van der Waals surface area contributed by atoms with Crippen molar-refractivity contribution < 1.29 is 0 Å². The van der Waals surface area contributed by atoms with Crippen LogP contribution in [0.4, 0.5) is 0 Å². The topological polar surface area (TPSA) is 42.7 Å². The van der Waals surface area contributed by atoms with Gasteiger partial charge in [-0.15, -0.1) is 0 Å². The fourth-order valence-electron chi connectivity index (χ4n) is 2.07. The van der Waals surface area contributed by atoms with Gasteiger partial charge in [0.1, 0.15) is 5.82 Å².